The first-order valence-electron chi connectivity index (χ1n) is 3.08. The number of carbonyl (C=O) groups is 1. The maximum absolute atomic E-state index is 10.7. The van der Waals surface area contributed by atoms with Gasteiger partial charge in [-0.3, -0.25) is 4.79 Å². The minimum Gasteiger partial charge on any atom is -0.431 e. The smallest absolute Gasteiger partial charge is 0.308 e. The fourth-order valence-corrected chi connectivity index (χ4v) is 0.692. The molecule has 0 rings (SSSR count). The van der Waals surface area contributed by atoms with Gasteiger partial charge in [-0.05, 0) is 6.42 Å². The lowest BCUT2D eigenvalue weighted by molar-refractivity contribution is -0.143. The number of halogens is 2. The number of hydrogen-bond donors (Lipinski definition) is 0. The molecule has 4 heteroatoms. The zero-order valence-electron chi connectivity index (χ0n) is 5.85. The van der Waals surface area contributed by atoms with Gasteiger partial charge in [0.05, 0.1) is 0 Å². The lowest BCUT2D eigenvalue weighted by atomic mass is 10.2. The van der Waals surface area contributed by atoms with Gasteiger partial charge in [0, 0.05) is 12.8 Å². The highest BCUT2D eigenvalue weighted by Crippen LogP contribution is 2.06. The molecule has 11 heavy (non-hydrogen) atoms. The minimum atomic E-state index is -1.08. The van der Waals surface area contributed by atoms with Gasteiger partial charge in [0.15, 0.2) is 0 Å². The molecule has 0 aromatic carbocycles. The van der Waals surface area contributed by atoms with E-state index in [1.165, 1.54) is 0 Å². The molecule has 0 radical (unpaired) electrons. The molecule has 0 atom stereocenters. The molecule has 0 aliphatic heterocycles. The van der Waals surface area contributed by atoms with Crippen molar-refractivity contribution in [1.82, 2.24) is 0 Å². The van der Waals surface area contributed by atoms with Crippen molar-refractivity contribution < 1.29 is 9.53 Å². The van der Waals surface area contributed by atoms with Crippen molar-refractivity contribution in [1.29, 1.82) is 0 Å². The Bertz CT molecular complexity index is 160. The van der Waals surface area contributed by atoms with Crippen LogP contribution in [0.2, 0.25) is 0 Å². The first kappa shape index (κ1) is 10.6. The fraction of sp³-hybridized carbons (Fsp3) is 0.571. The summed E-state index contributed by atoms with van der Waals surface area (Å²) < 4.78 is 4.42. The molecule has 0 saturated carbocycles. The first-order chi connectivity index (χ1) is 5.16. The first-order valence-corrected chi connectivity index (χ1v) is 3.95. The van der Waals surface area contributed by atoms with Crippen molar-refractivity contribution in [2.75, 3.05) is 0 Å². The molecule has 0 aliphatic rings. The minimum absolute atomic E-state index is 0.264. The van der Waals surface area contributed by atoms with Gasteiger partial charge in [-0.25, -0.2) is 0 Å². The molecule has 0 aromatic heterocycles. The summed E-state index contributed by atoms with van der Waals surface area (Å²) in [4.78, 5) is 10.7. The maximum atomic E-state index is 10.7. The van der Waals surface area contributed by atoms with E-state index in [0.717, 1.165) is 0 Å². The lowest BCUT2D eigenvalue weighted by Crippen LogP contribution is -2.06. The van der Waals surface area contributed by atoms with Crippen molar-refractivity contribution in [3.8, 4) is 12.3 Å². The second-order valence-corrected chi connectivity index (χ2v) is 2.82. The number of carbonyl (C=O) groups excluding carboxylic acids is 1. The summed E-state index contributed by atoms with van der Waals surface area (Å²) in [5, 5.41) is -1.08. The predicted molar refractivity (Wildman–Crippen MR) is 44.3 cm³/mol. The molecule has 0 aromatic rings. The van der Waals surface area contributed by atoms with E-state index in [4.69, 9.17) is 29.6 Å². The van der Waals surface area contributed by atoms with Crippen LogP contribution in [0.1, 0.15) is 19.3 Å². The Hall–Kier alpha value is -0.390. The molecule has 62 valence electrons. The Labute approximate surface area is 75.8 Å². The van der Waals surface area contributed by atoms with Crippen LogP contribution in [0, 0.1) is 12.3 Å². The third-order valence-corrected chi connectivity index (χ3v) is 1.10. The second-order valence-electron chi connectivity index (χ2n) is 1.81. The Morgan fingerprint density at radius 1 is 1.64 bits per heavy atom. The van der Waals surface area contributed by atoms with Crippen molar-refractivity contribution in [2.45, 2.75) is 24.3 Å². The van der Waals surface area contributed by atoms with E-state index < -0.39 is 11.0 Å². The summed E-state index contributed by atoms with van der Waals surface area (Å²) >= 11 is 10.3. The van der Waals surface area contributed by atoms with Crippen molar-refractivity contribution >= 4 is 29.2 Å². The highest BCUT2D eigenvalue weighted by molar-refractivity contribution is 6.43. The lowest BCUT2D eigenvalue weighted by Gasteiger charge is -2.02. The molecule has 0 heterocycles. The van der Waals surface area contributed by atoms with Gasteiger partial charge in [-0.2, -0.15) is 0 Å². The number of unbranched alkanes of at least 4 members (excludes halogenated alkanes) is 1. The maximum Gasteiger partial charge on any atom is 0.308 e. The van der Waals surface area contributed by atoms with E-state index >= 15 is 0 Å². The van der Waals surface area contributed by atoms with Crippen molar-refractivity contribution in [2.24, 2.45) is 0 Å². The van der Waals surface area contributed by atoms with Crippen LogP contribution in [0.3, 0.4) is 0 Å². The molecule has 0 fully saturated rings. The zero-order valence-corrected chi connectivity index (χ0v) is 7.36. The molecule has 0 aliphatic carbocycles. The third-order valence-electron chi connectivity index (χ3n) is 0.923. The van der Waals surface area contributed by atoms with Crippen LogP contribution in [0.25, 0.3) is 0 Å². The monoisotopic (exact) mass is 194 g/mol. The van der Waals surface area contributed by atoms with Crippen LogP contribution in [0.4, 0.5) is 0 Å². The largest absolute Gasteiger partial charge is 0.431 e. The Kier molecular flexibility index (Phi) is 6.10. The number of alkyl halides is 2. The number of esters is 1. The second kappa shape index (κ2) is 6.33. The summed E-state index contributed by atoms with van der Waals surface area (Å²) in [7, 11) is 0. The van der Waals surface area contributed by atoms with Crippen LogP contribution in [0.5, 0.6) is 0 Å². The number of ether oxygens (including phenoxy) is 1. The summed E-state index contributed by atoms with van der Waals surface area (Å²) in [6.45, 7) is 0. The summed E-state index contributed by atoms with van der Waals surface area (Å²) in [6.07, 6.45) is 6.39. The molecule has 2 nitrogen and oxygen atoms in total. The number of rotatable bonds is 4. The molecule has 0 N–H and O–H groups in total. The molecule has 0 saturated heterocycles. The summed E-state index contributed by atoms with van der Waals surface area (Å²) in [5.41, 5.74) is 0. The molecule has 0 spiro atoms. The molecular formula is C7H8Cl2O2. The van der Waals surface area contributed by atoms with Crippen LogP contribution in [0.15, 0.2) is 0 Å². The predicted octanol–water partition coefficient (Wildman–Crippen LogP) is 2.09. The number of terminal acetylenes is 1. The fourth-order valence-electron chi connectivity index (χ4n) is 0.493. The van der Waals surface area contributed by atoms with Gasteiger partial charge in [0.1, 0.15) is 0 Å². The van der Waals surface area contributed by atoms with E-state index in [9.17, 15) is 4.79 Å². The van der Waals surface area contributed by atoms with E-state index in [-0.39, 0.29) is 6.42 Å². The quantitative estimate of drug-likeness (QED) is 0.297. The number of hydrogen-bond acceptors (Lipinski definition) is 2. The Morgan fingerprint density at radius 2 is 2.27 bits per heavy atom. The Morgan fingerprint density at radius 3 is 2.73 bits per heavy atom. The molecule has 0 unspecified atom stereocenters. The third kappa shape index (κ3) is 7.51. The van der Waals surface area contributed by atoms with E-state index in [1.807, 2.05) is 0 Å². The van der Waals surface area contributed by atoms with Gasteiger partial charge in [-0.1, -0.05) is 23.2 Å². The molecular weight excluding hydrogens is 187 g/mol. The van der Waals surface area contributed by atoms with Crippen LogP contribution in [-0.4, -0.2) is 11.0 Å². The van der Waals surface area contributed by atoms with Gasteiger partial charge in [-0.15, -0.1) is 12.3 Å². The highest BCUT2D eigenvalue weighted by atomic mass is 35.5. The van der Waals surface area contributed by atoms with Gasteiger partial charge >= 0.3 is 5.97 Å². The van der Waals surface area contributed by atoms with E-state index in [2.05, 4.69) is 10.7 Å². The standard InChI is InChI=1S/C7H8Cl2O2/c1-2-3-4-5-6(10)11-7(8)9/h1,7H,3-5H2. The Balaban J connectivity index is 3.32. The van der Waals surface area contributed by atoms with Gasteiger partial charge in [0.25, 0.3) is 5.02 Å². The van der Waals surface area contributed by atoms with Crippen molar-refractivity contribution in [3.63, 3.8) is 0 Å². The van der Waals surface area contributed by atoms with Gasteiger partial charge in [0.2, 0.25) is 0 Å². The van der Waals surface area contributed by atoms with E-state index in [1.54, 1.807) is 0 Å². The summed E-state index contributed by atoms with van der Waals surface area (Å²) in [5.74, 6) is 1.98. The SMILES string of the molecule is C#CCCCC(=O)OC(Cl)Cl. The van der Waals surface area contributed by atoms with Crippen LogP contribution < -0.4 is 0 Å². The average Bonchev–Trinajstić information content (AvgIpc) is 1.86. The van der Waals surface area contributed by atoms with Crippen molar-refractivity contribution in [3.05, 3.63) is 0 Å². The zero-order chi connectivity index (χ0) is 8.69. The van der Waals surface area contributed by atoms with Crippen LogP contribution in [-0.2, 0) is 9.53 Å². The summed E-state index contributed by atoms with van der Waals surface area (Å²) in [6, 6.07) is 0. The normalized spacial score (nSPS) is 9.27. The topological polar surface area (TPSA) is 26.3 Å². The van der Waals surface area contributed by atoms with Crippen LogP contribution >= 0.6 is 23.2 Å². The highest BCUT2D eigenvalue weighted by Gasteiger charge is 2.06. The molecule has 0 bridgehead atoms. The molecule has 0 amide bonds. The van der Waals surface area contributed by atoms with E-state index in [0.29, 0.717) is 12.8 Å². The average molecular weight is 195 g/mol. The van der Waals surface area contributed by atoms with Gasteiger partial charge < -0.3 is 4.74 Å².